The number of aliphatic hydroxyl groups is 1. The lowest BCUT2D eigenvalue weighted by molar-refractivity contribution is 0.276. The van der Waals surface area contributed by atoms with E-state index in [1.54, 1.807) is 16.8 Å². The topological polar surface area (TPSA) is 50.9 Å². The first-order chi connectivity index (χ1) is 10.2. The third-order valence-electron chi connectivity index (χ3n) is 3.27. The summed E-state index contributed by atoms with van der Waals surface area (Å²) in [6.07, 6.45) is 7.04. The van der Waals surface area contributed by atoms with Gasteiger partial charge in [-0.15, -0.1) is 5.10 Å². The number of aryl methyl sites for hydroxylation is 1. The summed E-state index contributed by atoms with van der Waals surface area (Å²) >= 11 is 0. The summed E-state index contributed by atoms with van der Waals surface area (Å²) in [5, 5.41) is 17.4. The van der Waals surface area contributed by atoms with E-state index in [1.165, 1.54) is 12.1 Å². The molecule has 0 aliphatic heterocycles. The minimum Gasteiger partial charge on any atom is -0.390 e. The van der Waals surface area contributed by atoms with Crippen LogP contribution in [-0.2, 0) is 13.2 Å². The van der Waals surface area contributed by atoms with Crippen LogP contribution < -0.4 is 0 Å². The van der Waals surface area contributed by atoms with Gasteiger partial charge in [0.1, 0.15) is 11.5 Å². The van der Waals surface area contributed by atoms with Crippen molar-refractivity contribution in [3.05, 3.63) is 47.0 Å². The second kappa shape index (κ2) is 7.69. The van der Waals surface area contributed by atoms with Gasteiger partial charge in [-0.3, -0.25) is 0 Å². The first-order valence-corrected chi connectivity index (χ1v) is 7.21. The highest BCUT2D eigenvalue weighted by Gasteiger charge is 2.08. The molecule has 1 aromatic heterocycles. The summed E-state index contributed by atoms with van der Waals surface area (Å²) in [5.41, 5.74) is 2.25. The zero-order valence-corrected chi connectivity index (χ0v) is 12.2. The quantitative estimate of drug-likeness (QED) is 0.796. The summed E-state index contributed by atoms with van der Waals surface area (Å²) < 4.78 is 14.7. The molecule has 0 amide bonds. The Kier molecular flexibility index (Phi) is 5.63. The molecule has 5 heteroatoms. The number of aromatic nitrogens is 3. The van der Waals surface area contributed by atoms with Crippen molar-refractivity contribution in [3.8, 4) is 0 Å². The molecule has 0 atom stereocenters. The molecule has 1 aromatic carbocycles. The molecular weight excluding hydrogens is 269 g/mol. The Bertz CT molecular complexity index is 590. The maximum absolute atomic E-state index is 12.9. The van der Waals surface area contributed by atoms with E-state index in [1.807, 2.05) is 12.2 Å². The van der Waals surface area contributed by atoms with E-state index in [9.17, 15) is 9.50 Å². The van der Waals surface area contributed by atoms with Crippen molar-refractivity contribution in [1.29, 1.82) is 0 Å². The van der Waals surface area contributed by atoms with E-state index in [-0.39, 0.29) is 12.4 Å². The molecule has 0 saturated carbocycles. The van der Waals surface area contributed by atoms with Crippen molar-refractivity contribution in [2.75, 3.05) is 0 Å². The van der Waals surface area contributed by atoms with Crippen LogP contribution in [0, 0.1) is 5.82 Å². The molecule has 0 unspecified atom stereocenters. The highest BCUT2D eigenvalue weighted by atomic mass is 19.1. The highest BCUT2D eigenvalue weighted by Crippen LogP contribution is 2.13. The zero-order chi connectivity index (χ0) is 15.1. The van der Waals surface area contributed by atoms with Crippen molar-refractivity contribution in [2.24, 2.45) is 0 Å². The second-order valence-corrected chi connectivity index (χ2v) is 4.89. The third-order valence-corrected chi connectivity index (χ3v) is 3.27. The first kappa shape index (κ1) is 15.4. The molecule has 21 heavy (non-hydrogen) atoms. The molecule has 112 valence electrons. The van der Waals surface area contributed by atoms with Crippen molar-refractivity contribution < 1.29 is 9.50 Å². The van der Waals surface area contributed by atoms with E-state index >= 15 is 0 Å². The van der Waals surface area contributed by atoms with Crippen molar-refractivity contribution in [1.82, 2.24) is 15.0 Å². The second-order valence-electron chi connectivity index (χ2n) is 4.89. The Morgan fingerprint density at radius 2 is 1.95 bits per heavy atom. The van der Waals surface area contributed by atoms with Crippen LogP contribution in [0.15, 0.2) is 24.3 Å². The lowest BCUT2D eigenvalue weighted by Crippen LogP contribution is -2.03. The minimum atomic E-state index is -0.255. The number of hydrogen-bond donors (Lipinski definition) is 1. The molecule has 1 N–H and O–H groups in total. The van der Waals surface area contributed by atoms with E-state index in [0.29, 0.717) is 5.69 Å². The molecule has 0 aliphatic carbocycles. The maximum atomic E-state index is 12.9. The van der Waals surface area contributed by atoms with Crippen LogP contribution in [-0.4, -0.2) is 20.1 Å². The number of benzene rings is 1. The van der Waals surface area contributed by atoms with Crippen LogP contribution in [0.1, 0.15) is 43.1 Å². The molecule has 0 fully saturated rings. The Labute approximate surface area is 123 Å². The number of hydrogen-bond acceptors (Lipinski definition) is 3. The normalized spacial score (nSPS) is 11.4. The molecule has 0 saturated heterocycles. The number of rotatable bonds is 7. The van der Waals surface area contributed by atoms with Gasteiger partial charge in [0.05, 0.1) is 12.3 Å². The predicted molar refractivity (Wildman–Crippen MR) is 80.8 cm³/mol. The Balaban J connectivity index is 2.16. The van der Waals surface area contributed by atoms with E-state index < -0.39 is 0 Å². The third kappa shape index (κ3) is 4.23. The Morgan fingerprint density at radius 3 is 2.62 bits per heavy atom. The standard InChI is InChI=1S/C16H20FN3O/c1-2-3-4-11-20-16(15(12-21)18-19-20)10-7-13-5-8-14(17)9-6-13/h5-10,21H,2-4,11-12H2,1H3/b10-7+. The summed E-state index contributed by atoms with van der Waals surface area (Å²) in [7, 11) is 0. The van der Waals surface area contributed by atoms with Crippen molar-refractivity contribution in [2.45, 2.75) is 39.3 Å². The van der Waals surface area contributed by atoms with Gasteiger partial charge in [0.2, 0.25) is 0 Å². The van der Waals surface area contributed by atoms with Gasteiger partial charge in [-0.05, 0) is 30.2 Å². The highest BCUT2D eigenvalue weighted by molar-refractivity contribution is 5.68. The minimum absolute atomic E-state index is 0.142. The smallest absolute Gasteiger partial charge is 0.123 e. The monoisotopic (exact) mass is 289 g/mol. The van der Waals surface area contributed by atoms with Crippen LogP contribution in [0.3, 0.4) is 0 Å². The predicted octanol–water partition coefficient (Wildman–Crippen LogP) is 3.27. The SMILES string of the molecule is CCCCCn1nnc(CO)c1/C=C/c1ccc(F)cc1. The average Bonchev–Trinajstić information content (AvgIpc) is 2.89. The molecule has 4 nitrogen and oxygen atoms in total. The molecule has 2 rings (SSSR count). The van der Waals surface area contributed by atoms with Crippen LogP contribution in [0.25, 0.3) is 12.2 Å². The van der Waals surface area contributed by atoms with Crippen LogP contribution in [0.5, 0.6) is 0 Å². The van der Waals surface area contributed by atoms with Gasteiger partial charge in [0, 0.05) is 6.54 Å². The summed E-state index contributed by atoms with van der Waals surface area (Å²) in [6.45, 7) is 2.79. The fourth-order valence-electron chi connectivity index (χ4n) is 2.08. The number of unbranched alkanes of at least 4 members (excludes halogenated alkanes) is 2. The summed E-state index contributed by atoms with van der Waals surface area (Å²) in [4.78, 5) is 0. The van der Waals surface area contributed by atoms with Gasteiger partial charge >= 0.3 is 0 Å². The van der Waals surface area contributed by atoms with E-state index in [2.05, 4.69) is 17.2 Å². The molecular formula is C16H20FN3O. The molecule has 1 heterocycles. The zero-order valence-electron chi connectivity index (χ0n) is 12.2. The van der Waals surface area contributed by atoms with Crippen LogP contribution in [0.4, 0.5) is 4.39 Å². The number of aliphatic hydroxyl groups excluding tert-OH is 1. The van der Waals surface area contributed by atoms with Crippen molar-refractivity contribution in [3.63, 3.8) is 0 Å². The number of halogens is 1. The van der Waals surface area contributed by atoms with Crippen LogP contribution in [0.2, 0.25) is 0 Å². The summed E-state index contributed by atoms with van der Waals surface area (Å²) in [6, 6.07) is 6.25. The molecule has 0 aliphatic rings. The lowest BCUT2D eigenvalue weighted by atomic mass is 10.2. The Morgan fingerprint density at radius 1 is 1.19 bits per heavy atom. The molecule has 0 bridgehead atoms. The summed E-state index contributed by atoms with van der Waals surface area (Å²) in [5.74, 6) is -0.255. The number of nitrogens with zero attached hydrogens (tertiary/aromatic N) is 3. The van der Waals surface area contributed by atoms with E-state index in [0.717, 1.165) is 37.1 Å². The molecule has 2 aromatic rings. The first-order valence-electron chi connectivity index (χ1n) is 7.21. The maximum Gasteiger partial charge on any atom is 0.123 e. The lowest BCUT2D eigenvalue weighted by Gasteiger charge is -2.03. The van der Waals surface area contributed by atoms with Crippen molar-refractivity contribution >= 4 is 12.2 Å². The van der Waals surface area contributed by atoms with Gasteiger partial charge in [-0.1, -0.05) is 43.2 Å². The van der Waals surface area contributed by atoms with Gasteiger partial charge < -0.3 is 5.11 Å². The fraction of sp³-hybridized carbons (Fsp3) is 0.375. The molecule has 0 spiro atoms. The molecule has 0 radical (unpaired) electrons. The van der Waals surface area contributed by atoms with E-state index in [4.69, 9.17) is 0 Å². The van der Waals surface area contributed by atoms with Gasteiger partial charge in [-0.25, -0.2) is 9.07 Å². The Hall–Kier alpha value is -2.01. The van der Waals surface area contributed by atoms with Gasteiger partial charge in [0.15, 0.2) is 0 Å². The van der Waals surface area contributed by atoms with Gasteiger partial charge in [-0.2, -0.15) is 0 Å². The fourth-order valence-corrected chi connectivity index (χ4v) is 2.08. The van der Waals surface area contributed by atoms with Gasteiger partial charge in [0.25, 0.3) is 0 Å². The largest absolute Gasteiger partial charge is 0.390 e. The van der Waals surface area contributed by atoms with Crippen LogP contribution >= 0.6 is 0 Å². The average molecular weight is 289 g/mol.